The van der Waals surface area contributed by atoms with Gasteiger partial charge in [-0.3, -0.25) is 19.3 Å². The summed E-state index contributed by atoms with van der Waals surface area (Å²) in [5, 5.41) is 26.0. The maximum Gasteiger partial charge on any atom is 0.305 e. The highest BCUT2D eigenvalue weighted by Crippen LogP contribution is 2.87. The predicted octanol–water partition coefficient (Wildman–Crippen LogP) is 1.57. The first-order chi connectivity index (χ1) is 20.2. The molecule has 9 aliphatic rings. The zero-order valence-corrected chi connectivity index (χ0v) is 24.1. The fraction of sp³-hybridized carbons (Fsp3) is 0.719. The van der Waals surface area contributed by atoms with Gasteiger partial charge < -0.3 is 30.3 Å². The van der Waals surface area contributed by atoms with E-state index in [1.165, 1.54) is 37.4 Å². The number of phenols is 1. The van der Waals surface area contributed by atoms with Gasteiger partial charge in [0, 0.05) is 61.5 Å². The van der Waals surface area contributed by atoms with Crippen molar-refractivity contribution in [3.63, 3.8) is 0 Å². The molecular formula is C32H39N3O7. The van der Waals surface area contributed by atoms with E-state index >= 15 is 0 Å². The summed E-state index contributed by atoms with van der Waals surface area (Å²) < 4.78 is 13.5. The van der Waals surface area contributed by atoms with Crippen LogP contribution in [-0.4, -0.2) is 82.9 Å². The molecule has 42 heavy (non-hydrogen) atoms. The van der Waals surface area contributed by atoms with E-state index in [2.05, 4.69) is 21.6 Å². The van der Waals surface area contributed by atoms with Crippen molar-refractivity contribution in [3.05, 3.63) is 23.3 Å². The number of amides is 2. The van der Waals surface area contributed by atoms with Gasteiger partial charge in [0.15, 0.2) is 11.5 Å². The normalized spacial score (nSPS) is 44.7. The molecule has 2 aliphatic heterocycles. The van der Waals surface area contributed by atoms with Gasteiger partial charge in [0.2, 0.25) is 11.8 Å². The van der Waals surface area contributed by atoms with E-state index in [9.17, 15) is 24.6 Å². The second kappa shape index (κ2) is 8.00. The molecule has 2 bridgehead atoms. The molecular weight excluding hydrogens is 538 g/mol. The summed E-state index contributed by atoms with van der Waals surface area (Å²) in [6.45, 7) is 2.77. The fourth-order valence-corrected chi connectivity index (χ4v) is 12.2. The summed E-state index contributed by atoms with van der Waals surface area (Å²) in [5.41, 5.74) is 1.67. The molecule has 10 nitrogen and oxygen atoms in total. The lowest BCUT2D eigenvalue weighted by atomic mass is 9.37. The van der Waals surface area contributed by atoms with Crippen LogP contribution in [0.5, 0.6) is 11.5 Å². The van der Waals surface area contributed by atoms with Crippen LogP contribution in [0.4, 0.5) is 0 Å². The van der Waals surface area contributed by atoms with Crippen molar-refractivity contribution in [2.75, 3.05) is 20.2 Å². The number of hydrogen-bond acceptors (Lipinski definition) is 7. The van der Waals surface area contributed by atoms with Gasteiger partial charge in [-0.2, -0.15) is 0 Å². The lowest BCUT2D eigenvalue weighted by Crippen LogP contribution is -2.77. The number of carbonyl (C=O) groups excluding carboxylic acids is 2. The van der Waals surface area contributed by atoms with Gasteiger partial charge in [0.05, 0.1) is 6.42 Å². The van der Waals surface area contributed by atoms with Crippen molar-refractivity contribution in [1.82, 2.24) is 15.5 Å². The minimum Gasteiger partial charge on any atom is -0.504 e. The quantitative estimate of drug-likeness (QED) is 0.347. The van der Waals surface area contributed by atoms with E-state index in [1.54, 1.807) is 13.2 Å². The van der Waals surface area contributed by atoms with Gasteiger partial charge in [-0.15, -0.1) is 0 Å². The molecule has 11 atom stereocenters. The fourth-order valence-electron chi connectivity index (χ4n) is 12.2. The number of nitrogens with zero attached hydrogens (tertiary/aromatic N) is 1. The van der Waals surface area contributed by atoms with Gasteiger partial charge >= 0.3 is 5.97 Å². The van der Waals surface area contributed by atoms with Crippen molar-refractivity contribution in [2.24, 2.45) is 35.0 Å². The van der Waals surface area contributed by atoms with E-state index in [1.807, 2.05) is 0 Å². The van der Waals surface area contributed by atoms with Crippen molar-refractivity contribution in [1.29, 1.82) is 0 Å². The van der Waals surface area contributed by atoms with Crippen molar-refractivity contribution in [2.45, 2.75) is 87.1 Å². The third kappa shape index (κ3) is 2.70. The first-order valence-electron chi connectivity index (χ1n) is 15.8. The number of nitrogens with one attached hydrogen (secondary N) is 2. The number of carboxylic acid groups (broad SMARTS) is 1. The largest absolute Gasteiger partial charge is 0.504 e. The van der Waals surface area contributed by atoms with Gasteiger partial charge in [0.1, 0.15) is 17.7 Å². The van der Waals surface area contributed by atoms with Crippen LogP contribution >= 0.6 is 0 Å². The van der Waals surface area contributed by atoms with Crippen LogP contribution in [0.15, 0.2) is 12.1 Å². The molecule has 11 unspecified atom stereocenters. The summed E-state index contributed by atoms with van der Waals surface area (Å²) in [7, 11) is 1.76. The number of carbonyl (C=O) groups is 3. The molecule has 2 amide bonds. The Bertz CT molecular complexity index is 1430. The van der Waals surface area contributed by atoms with Gasteiger partial charge in [-0.05, 0) is 73.8 Å². The molecule has 224 valence electrons. The second-order valence-electron chi connectivity index (χ2n) is 14.7. The zero-order chi connectivity index (χ0) is 28.9. The molecule has 1 aromatic rings. The Morgan fingerprint density at radius 3 is 2.76 bits per heavy atom. The molecule has 1 aromatic carbocycles. The summed E-state index contributed by atoms with van der Waals surface area (Å²) in [5.74, 6) is 1.28. The minimum absolute atomic E-state index is 0.0465. The van der Waals surface area contributed by atoms with E-state index in [0.717, 1.165) is 31.6 Å². The monoisotopic (exact) mass is 577 g/mol. The molecule has 0 radical (unpaired) electrons. The van der Waals surface area contributed by atoms with Gasteiger partial charge in [-0.25, -0.2) is 0 Å². The maximum atomic E-state index is 13.2. The van der Waals surface area contributed by atoms with Gasteiger partial charge in [0.25, 0.3) is 0 Å². The lowest BCUT2D eigenvalue weighted by molar-refractivity contribution is -0.251. The number of likely N-dealkylation sites (tertiary alicyclic amines) is 1. The molecule has 10 rings (SSSR count). The zero-order valence-electron chi connectivity index (χ0n) is 24.1. The number of piperidine rings is 1. The average molecular weight is 578 g/mol. The first-order valence-corrected chi connectivity index (χ1v) is 15.8. The molecule has 6 saturated carbocycles. The van der Waals surface area contributed by atoms with E-state index in [4.69, 9.17) is 9.47 Å². The second-order valence-corrected chi connectivity index (χ2v) is 14.7. The van der Waals surface area contributed by atoms with E-state index in [0.29, 0.717) is 42.1 Å². The third-order valence-corrected chi connectivity index (χ3v) is 13.3. The van der Waals surface area contributed by atoms with Crippen LogP contribution in [0.2, 0.25) is 0 Å². The van der Waals surface area contributed by atoms with Crippen LogP contribution in [-0.2, 0) is 31.0 Å². The Labute approximate surface area is 244 Å². The van der Waals surface area contributed by atoms with Crippen LogP contribution in [0.3, 0.4) is 0 Å². The van der Waals surface area contributed by atoms with Crippen molar-refractivity contribution >= 4 is 17.8 Å². The lowest BCUT2D eigenvalue weighted by Gasteiger charge is -2.68. The Kier molecular flexibility index (Phi) is 4.88. The molecule has 0 aromatic heterocycles. The van der Waals surface area contributed by atoms with Crippen LogP contribution in [0.25, 0.3) is 0 Å². The smallest absolute Gasteiger partial charge is 0.305 e. The Morgan fingerprint density at radius 2 is 2.05 bits per heavy atom. The highest BCUT2D eigenvalue weighted by Gasteiger charge is 2.92. The van der Waals surface area contributed by atoms with E-state index in [-0.39, 0.29) is 28.6 Å². The van der Waals surface area contributed by atoms with Gasteiger partial charge in [-0.1, -0.05) is 6.07 Å². The van der Waals surface area contributed by atoms with E-state index < -0.39 is 35.8 Å². The van der Waals surface area contributed by atoms with Crippen molar-refractivity contribution in [3.8, 4) is 11.5 Å². The molecule has 2 spiro atoms. The molecule has 10 heteroatoms. The Morgan fingerprint density at radius 1 is 1.24 bits per heavy atom. The molecule has 7 fully saturated rings. The summed E-state index contributed by atoms with van der Waals surface area (Å²) in [6.07, 6.45) is 5.69. The van der Waals surface area contributed by atoms with Crippen LogP contribution in [0, 0.1) is 35.0 Å². The molecule has 1 saturated heterocycles. The number of ether oxygens (including phenoxy) is 2. The Balaban J connectivity index is 1.13. The number of aliphatic carboxylic acids is 1. The standard InChI is InChI=1S/C32H39N3O7/c1-14(36)34-19(10-21(38)39)28(40)33-12-17-11-30-7-8-31(17,41-2)29-32(30)23-16(5-6-20(37)26(23)42-29)9-18-24(32)22-25(18)35(27(22)30)13-15-3-4-15/h5-6,15,17-19,22,24-25,27,29,37H,3-4,7-13H2,1-2H3,(H,33,40)(H,34,36)(H,38,39). The summed E-state index contributed by atoms with van der Waals surface area (Å²) in [6, 6.07) is 3.90. The number of hydrogen-bond donors (Lipinski definition) is 4. The molecule has 7 aliphatic carbocycles. The first kappa shape index (κ1) is 25.6. The SMILES string of the molecule is COC12CCC3(CC1CNC(=O)C(CC(=O)O)NC(C)=O)C1C4C(C5Cc6ccc(O)c7c6C3(C54)C2O7)N1CC1CC1. The number of benzene rings is 1. The summed E-state index contributed by atoms with van der Waals surface area (Å²) >= 11 is 0. The predicted molar refractivity (Wildman–Crippen MR) is 148 cm³/mol. The highest BCUT2D eigenvalue weighted by atomic mass is 16.6. The number of carboxylic acids is 1. The highest BCUT2D eigenvalue weighted by molar-refractivity contribution is 5.90. The number of phenolic OH excluding ortho intramolecular Hbond substituents is 1. The third-order valence-electron chi connectivity index (χ3n) is 13.3. The van der Waals surface area contributed by atoms with Crippen molar-refractivity contribution < 1.29 is 34.1 Å². The molecule has 4 N–H and O–H groups in total. The van der Waals surface area contributed by atoms with Crippen LogP contribution < -0.4 is 15.4 Å². The number of aromatic hydroxyl groups is 1. The maximum absolute atomic E-state index is 13.2. The summed E-state index contributed by atoms with van der Waals surface area (Å²) in [4.78, 5) is 39.3. The number of methoxy groups -OCH3 is 1. The molecule has 2 heterocycles. The Hall–Kier alpha value is -2.85. The minimum atomic E-state index is -1.15. The average Bonchev–Trinajstić information content (AvgIpc) is 3.64. The van der Waals surface area contributed by atoms with Crippen LogP contribution in [0.1, 0.15) is 56.6 Å². The number of fused-ring (bicyclic) bond motifs is 3. The topological polar surface area (TPSA) is 137 Å². The number of rotatable bonds is 9.